The quantitative estimate of drug-likeness (QED) is 0.890. The van der Waals surface area contributed by atoms with Gasteiger partial charge in [-0.3, -0.25) is 0 Å². The van der Waals surface area contributed by atoms with Crippen LogP contribution in [0.1, 0.15) is 24.1 Å². The Morgan fingerprint density at radius 1 is 1.14 bits per heavy atom. The zero-order valence-corrected chi connectivity index (χ0v) is 11.4. The van der Waals surface area contributed by atoms with Crippen molar-refractivity contribution in [1.82, 2.24) is 0 Å². The molecule has 0 bridgehead atoms. The fourth-order valence-electron chi connectivity index (χ4n) is 1.97. The average molecular weight is 288 g/mol. The summed E-state index contributed by atoms with van der Waals surface area (Å²) >= 11 is 0. The van der Waals surface area contributed by atoms with Crippen LogP contribution >= 0.6 is 0 Å². The molecule has 2 aromatic carbocycles. The van der Waals surface area contributed by atoms with E-state index in [0.29, 0.717) is 5.56 Å². The zero-order valence-electron chi connectivity index (χ0n) is 11.4. The summed E-state index contributed by atoms with van der Waals surface area (Å²) in [5.74, 6) is 0.127. The maximum atomic E-state index is 12.2. The number of benzene rings is 2. The van der Waals surface area contributed by atoms with Gasteiger partial charge in [0, 0.05) is 11.7 Å². The van der Waals surface area contributed by atoms with Crippen molar-refractivity contribution < 1.29 is 13.5 Å². The summed E-state index contributed by atoms with van der Waals surface area (Å²) in [6, 6.07) is 15.6. The van der Waals surface area contributed by atoms with Crippen molar-refractivity contribution in [3.8, 4) is 11.8 Å². The van der Waals surface area contributed by atoms with Gasteiger partial charge in [-0.15, -0.1) is 0 Å². The molecule has 1 atom stereocenters. The monoisotopic (exact) mass is 288 g/mol. The Kier molecular flexibility index (Phi) is 4.72. The Labute approximate surface area is 121 Å². The summed E-state index contributed by atoms with van der Waals surface area (Å²) in [6.45, 7) is -0.934. The second-order valence-electron chi connectivity index (χ2n) is 4.51. The smallest absolute Gasteiger partial charge is 0.387 e. The van der Waals surface area contributed by atoms with Crippen molar-refractivity contribution in [2.45, 2.75) is 19.6 Å². The predicted octanol–water partition coefficient (Wildman–Crippen LogP) is 4.33. The largest absolute Gasteiger partial charge is 0.435 e. The molecular formula is C16H14F2N2O. The number of nitriles is 1. The second-order valence-corrected chi connectivity index (χ2v) is 4.51. The molecule has 0 fully saturated rings. The van der Waals surface area contributed by atoms with Crippen LogP contribution in [0.5, 0.6) is 5.75 Å². The number of halogens is 2. The molecule has 108 valence electrons. The molecule has 0 heterocycles. The van der Waals surface area contributed by atoms with Gasteiger partial charge in [0.05, 0.1) is 11.6 Å². The first-order valence-corrected chi connectivity index (χ1v) is 6.40. The zero-order chi connectivity index (χ0) is 15.2. The van der Waals surface area contributed by atoms with Gasteiger partial charge in [-0.05, 0) is 42.8 Å². The van der Waals surface area contributed by atoms with Crippen LogP contribution in [0.25, 0.3) is 0 Å². The van der Waals surface area contributed by atoms with Gasteiger partial charge in [0.15, 0.2) is 0 Å². The number of nitrogens with one attached hydrogen (secondary N) is 1. The summed E-state index contributed by atoms with van der Waals surface area (Å²) < 4.78 is 28.8. The number of alkyl halides is 2. The molecule has 0 radical (unpaired) electrons. The van der Waals surface area contributed by atoms with Gasteiger partial charge in [-0.2, -0.15) is 14.0 Å². The van der Waals surface area contributed by atoms with Gasteiger partial charge >= 0.3 is 6.61 Å². The highest BCUT2D eigenvalue weighted by Gasteiger charge is 2.09. The standard InChI is InChI=1S/C16H14F2N2O/c1-11(20-14-6-2-4-12(8-14)10-19)13-5-3-7-15(9-13)21-16(17)18/h2-9,11,16,20H,1H3. The lowest BCUT2D eigenvalue weighted by molar-refractivity contribution is -0.0498. The predicted molar refractivity (Wildman–Crippen MR) is 76.3 cm³/mol. The molecule has 0 saturated heterocycles. The van der Waals surface area contributed by atoms with Gasteiger partial charge in [0.2, 0.25) is 0 Å². The van der Waals surface area contributed by atoms with E-state index in [0.717, 1.165) is 11.3 Å². The lowest BCUT2D eigenvalue weighted by Crippen LogP contribution is -2.08. The molecule has 0 aliphatic heterocycles. The number of nitrogens with zero attached hydrogens (tertiary/aromatic N) is 1. The number of hydrogen-bond donors (Lipinski definition) is 1. The molecule has 2 aromatic rings. The molecule has 0 aromatic heterocycles. The summed E-state index contributed by atoms with van der Waals surface area (Å²) in [4.78, 5) is 0. The third-order valence-electron chi connectivity index (χ3n) is 2.96. The normalized spacial score (nSPS) is 11.8. The van der Waals surface area contributed by atoms with Crippen molar-refractivity contribution in [2.75, 3.05) is 5.32 Å². The highest BCUT2D eigenvalue weighted by molar-refractivity contribution is 5.50. The van der Waals surface area contributed by atoms with E-state index in [1.165, 1.54) is 6.07 Å². The average Bonchev–Trinajstić information content (AvgIpc) is 2.47. The molecular weight excluding hydrogens is 274 g/mol. The minimum atomic E-state index is -2.84. The molecule has 0 saturated carbocycles. The van der Waals surface area contributed by atoms with Gasteiger partial charge in [-0.1, -0.05) is 18.2 Å². The molecule has 0 aliphatic rings. The fourth-order valence-corrected chi connectivity index (χ4v) is 1.97. The van der Waals surface area contributed by atoms with Crippen LogP contribution in [0.3, 0.4) is 0 Å². The first-order valence-electron chi connectivity index (χ1n) is 6.40. The molecule has 21 heavy (non-hydrogen) atoms. The van der Waals surface area contributed by atoms with Crippen LogP contribution in [0.15, 0.2) is 48.5 Å². The number of ether oxygens (including phenoxy) is 1. The molecule has 5 heteroatoms. The number of hydrogen-bond acceptors (Lipinski definition) is 3. The third kappa shape index (κ3) is 4.18. The van der Waals surface area contributed by atoms with E-state index in [1.807, 2.05) is 19.1 Å². The fraction of sp³-hybridized carbons (Fsp3) is 0.188. The Morgan fingerprint density at radius 2 is 1.90 bits per heavy atom. The molecule has 1 N–H and O–H groups in total. The molecule has 0 spiro atoms. The minimum Gasteiger partial charge on any atom is -0.435 e. The first-order chi connectivity index (χ1) is 10.1. The molecule has 0 amide bonds. The first kappa shape index (κ1) is 14.8. The van der Waals surface area contributed by atoms with E-state index in [4.69, 9.17) is 5.26 Å². The van der Waals surface area contributed by atoms with Crippen LogP contribution < -0.4 is 10.1 Å². The van der Waals surface area contributed by atoms with Crippen molar-refractivity contribution in [1.29, 1.82) is 5.26 Å². The van der Waals surface area contributed by atoms with Gasteiger partial charge in [0.25, 0.3) is 0 Å². The molecule has 1 unspecified atom stereocenters. The van der Waals surface area contributed by atoms with Crippen molar-refractivity contribution >= 4 is 5.69 Å². The van der Waals surface area contributed by atoms with Crippen LogP contribution in [0.2, 0.25) is 0 Å². The SMILES string of the molecule is CC(Nc1cccc(C#N)c1)c1cccc(OC(F)F)c1. The van der Waals surface area contributed by atoms with Crippen LogP contribution in [0.4, 0.5) is 14.5 Å². The summed E-state index contributed by atoms with van der Waals surface area (Å²) in [6.07, 6.45) is 0. The minimum absolute atomic E-state index is 0.111. The molecule has 2 rings (SSSR count). The van der Waals surface area contributed by atoms with Crippen molar-refractivity contribution in [3.05, 3.63) is 59.7 Å². The summed E-state index contributed by atoms with van der Waals surface area (Å²) in [7, 11) is 0. The van der Waals surface area contributed by atoms with E-state index in [1.54, 1.807) is 30.3 Å². The lowest BCUT2D eigenvalue weighted by Gasteiger charge is -2.17. The maximum Gasteiger partial charge on any atom is 0.387 e. The maximum absolute atomic E-state index is 12.2. The van der Waals surface area contributed by atoms with Crippen LogP contribution in [-0.2, 0) is 0 Å². The number of anilines is 1. The van der Waals surface area contributed by atoms with Gasteiger partial charge in [0.1, 0.15) is 5.75 Å². The Morgan fingerprint density at radius 3 is 2.62 bits per heavy atom. The summed E-state index contributed by atoms with van der Waals surface area (Å²) in [5, 5.41) is 12.1. The van der Waals surface area contributed by atoms with Crippen molar-refractivity contribution in [2.24, 2.45) is 0 Å². The van der Waals surface area contributed by atoms with E-state index < -0.39 is 6.61 Å². The summed E-state index contributed by atoms with van der Waals surface area (Å²) in [5.41, 5.74) is 2.17. The number of rotatable bonds is 5. The van der Waals surface area contributed by atoms with E-state index in [9.17, 15) is 8.78 Å². The Hall–Kier alpha value is -2.61. The third-order valence-corrected chi connectivity index (χ3v) is 2.96. The Balaban J connectivity index is 2.12. The van der Waals surface area contributed by atoms with E-state index in [2.05, 4.69) is 16.1 Å². The van der Waals surface area contributed by atoms with E-state index in [-0.39, 0.29) is 11.8 Å². The van der Waals surface area contributed by atoms with E-state index >= 15 is 0 Å². The van der Waals surface area contributed by atoms with Crippen LogP contribution in [0, 0.1) is 11.3 Å². The molecule has 0 aliphatic carbocycles. The highest BCUT2D eigenvalue weighted by Crippen LogP contribution is 2.24. The Bertz CT molecular complexity index is 653. The van der Waals surface area contributed by atoms with Crippen molar-refractivity contribution in [3.63, 3.8) is 0 Å². The van der Waals surface area contributed by atoms with Crippen LogP contribution in [-0.4, -0.2) is 6.61 Å². The lowest BCUT2D eigenvalue weighted by atomic mass is 10.1. The topological polar surface area (TPSA) is 45.0 Å². The van der Waals surface area contributed by atoms with Gasteiger partial charge in [-0.25, -0.2) is 0 Å². The molecule has 3 nitrogen and oxygen atoms in total. The van der Waals surface area contributed by atoms with Gasteiger partial charge < -0.3 is 10.1 Å². The highest BCUT2D eigenvalue weighted by atomic mass is 19.3. The second kappa shape index (κ2) is 6.71.